The number of nitrogens with zero attached hydrogens (tertiary/aromatic N) is 1. The smallest absolute Gasteiger partial charge is 0.191 e. The second-order valence-corrected chi connectivity index (χ2v) is 5.44. The van der Waals surface area contributed by atoms with Crippen LogP contribution in [0.3, 0.4) is 0 Å². The van der Waals surface area contributed by atoms with Gasteiger partial charge in [0.2, 0.25) is 0 Å². The molecule has 0 aliphatic carbocycles. The Morgan fingerprint density at radius 2 is 1.76 bits per heavy atom. The summed E-state index contributed by atoms with van der Waals surface area (Å²) in [5.74, 6) is 0. The van der Waals surface area contributed by atoms with E-state index in [-0.39, 0.29) is 0 Å². The molecule has 0 unspecified atom stereocenters. The van der Waals surface area contributed by atoms with Crippen LogP contribution in [0.15, 0.2) is 70.2 Å². The van der Waals surface area contributed by atoms with Gasteiger partial charge in [0.25, 0.3) is 0 Å². The molecule has 106 valence electrons. The lowest BCUT2D eigenvalue weighted by Gasteiger charge is -2.06. The number of hydrogen-bond acceptors (Lipinski definition) is 2. The van der Waals surface area contributed by atoms with Crippen molar-refractivity contribution in [3.05, 3.63) is 70.7 Å². The molecule has 21 heavy (non-hydrogen) atoms. The van der Waals surface area contributed by atoms with Crippen molar-refractivity contribution in [2.75, 3.05) is 5.32 Å². The number of hydrazone groups is 1. The summed E-state index contributed by atoms with van der Waals surface area (Å²) in [5, 5.41) is 7.51. The molecule has 2 aromatic carbocycles. The SMILES string of the molecule is S=C(N/N=C/C=C/c1ccccc1)Nc1ccc(Br)cc1. The molecule has 0 amide bonds. The zero-order valence-corrected chi connectivity index (χ0v) is 13.6. The van der Waals surface area contributed by atoms with Gasteiger partial charge in [0.15, 0.2) is 5.11 Å². The summed E-state index contributed by atoms with van der Waals surface area (Å²) in [5.41, 5.74) is 4.79. The second kappa shape index (κ2) is 8.34. The highest BCUT2D eigenvalue weighted by Crippen LogP contribution is 2.13. The minimum absolute atomic E-state index is 0.446. The number of anilines is 1. The number of benzene rings is 2. The normalized spacial score (nSPS) is 10.9. The Kier molecular flexibility index (Phi) is 6.12. The second-order valence-electron chi connectivity index (χ2n) is 4.12. The largest absolute Gasteiger partial charge is 0.331 e. The quantitative estimate of drug-likeness (QED) is 0.481. The summed E-state index contributed by atoms with van der Waals surface area (Å²) in [6, 6.07) is 17.8. The zero-order chi connectivity index (χ0) is 14.9. The maximum Gasteiger partial charge on any atom is 0.191 e. The molecule has 3 nitrogen and oxygen atoms in total. The van der Waals surface area contributed by atoms with Crippen molar-refractivity contribution in [2.45, 2.75) is 0 Å². The van der Waals surface area contributed by atoms with Crippen molar-refractivity contribution >= 4 is 51.2 Å². The van der Waals surface area contributed by atoms with Crippen molar-refractivity contribution in [3.8, 4) is 0 Å². The van der Waals surface area contributed by atoms with Crippen LogP contribution in [0.4, 0.5) is 5.69 Å². The summed E-state index contributed by atoms with van der Waals surface area (Å²) in [7, 11) is 0. The topological polar surface area (TPSA) is 36.4 Å². The molecule has 2 N–H and O–H groups in total. The van der Waals surface area contributed by atoms with Gasteiger partial charge in [-0.05, 0) is 48.1 Å². The minimum atomic E-state index is 0.446. The Bertz CT molecular complexity index is 636. The minimum Gasteiger partial charge on any atom is -0.331 e. The first kappa shape index (κ1) is 15.4. The van der Waals surface area contributed by atoms with Gasteiger partial charge in [-0.15, -0.1) is 0 Å². The van der Waals surface area contributed by atoms with Crippen LogP contribution in [0.2, 0.25) is 0 Å². The molecule has 0 bridgehead atoms. The molecule has 0 heterocycles. The summed E-state index contributed by atoms with van der Waals surface area (Å²) in [6.07, 6.45) is 5.48. The molecule has 0 aromatic heterocycles. The number of allylic oxidation sites excluding steroid dienone is 1. The van der Waals surface area contributed by atoms with Crippen molar-refractivity contribution in [1.82, 2.24) is 5.43 Å². The maximum absolute atomic E-state index is 5.14. The Morgan fingerprint density at radius 3 is 2.48 bits per heavy atom. The molecule has 5 heteroatoms. The molecule has 2 aromatic rings. The number of halogens is 1. The third-order valence-electron chi connectivity index (χ3n) is 2.52. The highest BCUT2D eigenvalue weighted by Gasteiger charge is 1.95. The number of hydrogen-bond donors (Lipinski definition) is 2. The molecule has 0 atom stereocenters. The van der Waals surface area contributed by atoms with E-state index in [0.717, 1.165) is 15.7 Å². The molecule has 0 aliphatic rings. The molecule has 0 fully saturated rings. The summed E-state index contributed by atoms with van der Waals surface area (Å²) in [4.78, 5) is 0. The number of thiocarbonyl (C=S) groups is 1. The van der Waals surface area contributed by atoms with E-state index < -0.39 is 0 Å². The molecular formula is C16H14BrN3S. The summed E-state index contributed by atoms with van der Waals surface area (Å²) in [6.45, 7) is 0. The molecule has 0 aliphatic heterocycles. The van der Waals surface area contributed by atoms with Crippen LogP contribution in [0.25, 0.3) is 6.08 Å². The molecule has 0 saturated heterocycles. The fourth-order valence-electron chi connectivity index (χ4n) is 1.55. The molecule has 0 spiro atoms. The van der Waals surface area contributed by atoms with Crippen LogP contribution in [0.5, 0.6) is 0 Å². The lowest BCUT2D eigenvalue weighted by atomic mass is 10.2. The highest BCUT2D eigenvalue weighted by molar-refractivity contribution is 9.10. The third-order valence-corrected chi connectivity index (χ3v) is 3.24. The number of nitrogens with one attached hydrogen (secondary N) is 2. The summed E-state index contributed by atoms with van der Waals surface area (Å²) >= 11 is 8.52. The lowest BCUT2D eigenvalue weighted by Crippen LogP contribution is -2.23. The van der Waals surface area contributed by atoms with Gasteiger partial charge < -0.3 is 5.32 Å². The van der Waals surface area contributed by atoms with Crippen LogP contribution >= 0.6 is 28.1 Å². The van der Waals surface area contributed by atoms with Crippen LogP contribution < -0.4 is 10.7 Å². The maximum atomic E-state index is 5.14. The molecule has 0 saturated carbocycles. The first-order valence-corrected chi connectivity index (χ1v) is 7.51. The van der Waals surface area contributed by atoms with Crippen LogP contribution in [0, 0.1) is 0 Å². The monoisotopic (exact) mass is 359 g/mol. The standard InChI is InChI=1S/C16H14BrN3S/c17-14-8-10-15(11-9-14)19-16(21)20-18-12-4-7-13-5-2-1-3-6-13/h1-12H,(H2,19,20,21)/b7-4+,18-12+. The average molecular weight is 360 g/mol. The van der Waals surface area contributed by atoms with Crippen molar-refractivity contribution in [3.63, 3.8) is 0 Å². The molecular weight excluding hydrogens is 346 g/mol. The van der Waals surface area contributed by atoms with Gasteiger partial charge in [-0.2, -0.15) is 5.10 Å². The lowest BCUT2D eigenvalue weighted by molar-refractivity contribution is 1.05. The van der Waals surface area contributed by atoms with Gasteiger partial charge in [0.1, 0.15) is 0 Å². The fourth-order valence-corrected chi connectivity index (χ4v) is 1.98. The third kappa shape index (κ3) is 5.89. The van der Waals surface area contributed by atoms with Gasteiger partial charge in [-0.1, -0.05) is 52.3 Å². The van der Waals surface area contributed by atoms with E-state index in [9.17, 15) is 0 Å². The fraction of sp³-hybridized carbons (Fsp3) is 0. The van der Waals surface area contributed by atoms with E-state index in [4.69, 9.17) is 12.2 Å². The van der Waals surface area contributed by atoms with E-state index in [1.165, 1.54) is 0 Å². The zero-order valence-electron chi connectivity index (χ0n) is 11.2. The van der Waals surface area contributed by atoms with E-state index in [0.29, 0.717) is 5.11 Å². The Labute approximate surface area is 137 Å². The predicted molar refractivity (Wildman–Crippen MR) is 97.5 cm³/mol. The van der Waals surface area contributed by atoms with Crippen LogP contribution in [-0.4, -0.2) is 11.3 Å². The van der Waals surface area contributed by atoms with E-state index >= 15 is 0 Å². The predicted octanol–water partition coefficient (Wildman–Crippen LogP) is 4.43. The van der Waals surface area contributed by atoms with Gasteiger partial charge in [0, 0.05) is 16.4 Å². The highest BCUT2D eigenvalue weighted by atomic mass is 79.9. The molecule has 2 rings (SSSR count). The summed E-state index contributed by atoms with van der Waals surface area (Å²) < 4.78 is 1.02. The van der Waals surface area contributed by atoms with Crippen LogP contribution in [-0.2, 0) is 0 Å². The van der Waals surface area contributed by atoms with Gasteiger partial charge >= 0.3 is 0 Å². The van der Waals surface area contributed by atoms with E-state index in [1.807, 2.05) is 66.7 Å². The number of rotatable bonds is 4. The Hall–Kier alpha value is -1.98. The average Bonchev–Trinajstić information content (AvgIpc) is 2.50. The first-order chi connectivity index (χ1) is 10.2. The van der Waals surface area contributed by atoms with Gasteiger partial charge in [-0.3, -0.25) is 5.43 Å². The first-order valence-electron chi connectivity index (χ1n) is 6.31. The Balaban J connectivity index is 1.77. The van der Waals surface area contributed by atoms with Crippen molar-refractivity contribution < 1.29 is 0 Å². The van der Waals surface area contributed by atoms with Crippen molar-refractivity contribution in [2.24, 2.45) is 5.10 Å². The van der Waals surface area contributed by atoms with E-state index in [1.54, 1.807) is 6.21 Å². The molecule has 0 radical (unpaired) electrons. The van der Waals surface area contributed by atoms with Gasteiger partial charge in [-0.25, -0.2) is 0 Å². The van der Waals surface area contributed by atoms with Crippen LogP contribution in [0.1, 0.15) is 5.56 Å². The van der Waals surface area contributed by atoms with Gasteiger partial charge in [0.05, 0.1) is 0 Å². The Morgan fingerprint density at radius 1 is 1.05 bits per heavy atom. The van der Waals surface area contributed by atoms with Crippen molar-refractivity contribution in [1.29, 1.82) is 0 Å². The van der Waals surface area contributed by atoms with E-state index in [2.05, 4.69) is 31.8 Å².